The van der Waals surface area contributed by atoms with Gasteiger partial charge in [-0.25, -0.2) is 0 Å². The van der Waals surface area contributed by atoms with E-state index >= 15 is 0 Å². The number of aldehydes is 1. The quantitative estimate of drug-likeness (QED) is 0.508. The lowest BCUT2D eigenvalue weighted by molar-refractivity contribution is 0.112. The molecule has 2 aromatic carbocycles. The van der Waals surface area contributed by atoms with Gasteiger partial charge in [0, 0.05) is 10.6 Å². The van der Waals surface area contributed by atoms with Crippen molar-refractivity contribution in [3.8, 4) is 17.2 Å². The number of carbonyl (C=O) groups excluding carboxylic acids is 1. The van der Waals surface area contributed by atoms with Crippen molar-refractivity contribution < 1.29 is 19.0 Å². The summed E-state index contributed by atoms with van der Waals surface area (Å²) in [4.78, 5) is 10.7. The molecule has 0 N–H and O–H groups in total. The second-order valence-corrected chi connectivity index (χ2v) is 5.67. The number of carbonyl (C=O) groups is 1. The van der Waals surface area contributed by atoms with E-state index in [2.05, 4.69) is 0 Å². The molecule has 122 valence electrons. The summed E-state index contributed by atoms with van der Waals surface area (Å²) in [6.07, 6.45) is 0.736. The highest BCUT2D eigenvalue weighted by Gasteiger charge is 2.10. The largest absolute Gasteiger partial charge is 0.493 e. The van der Waals surface area contributed by atoms with E-state index in [1.165, 1.54) is 7.11 Å². The Morgan fingerprint density at radius 2 is 1.61 bits per heavy atom. The molecule has 7 heteroatoms. The lowest BCUT2D eigenvalue weighted by atomic mass is 10.2. The van der Waals surface area contributed by atoms with Gasteiger partial charge in [0.05, 0.1) is 17.2 Å². The zero-order chi connectivity index (χ0) is 16.8. The minimum atomic E-state index is 0.222. The van der Waals surface area contributed by atoms with E-state index < -0.39 is 0 Å². The second-order valence-electron chi connectivity index (χ2n) is 4.42. The third-order valence-electron chi connectivity index (χ3n) is 2.87. The Labute approximate surface area is 148 Å². The summed E-state index contributed by atoms with van der Waals surface area (Å²) in [7, 11) is 1.50. The molecular formula is C16H13Cl3O4. The highest BCUT2D eigenvalue weighted by Crippen LogP contribution is 2.35. The first-order valence-corrected chi connectivity index (χ1v) is 7.72. The molecule has 2 aromatic rings. The summed E-state index contributed by atoms with van der Waals surface area (Å²) < 4.78 is 16.3. The Bertz CT molecular complexity index is 681. The molecule has 23 heavy (non-hydrogen) atoms. The van der Waals surface area contributed by atoms with Crippen molar-refractivity contribution in [2.75, 3.05) is 20.3 Å². The smallest absolute Gasteiger partial charge is 0.161 e. The molecule has 0 bridgehead atoms. The van der Waals surface area contributed by atoms with Crippen molar-refractivity contribution in [2.24, 2.45) is 0 Å². The molecule has 0 atom stereocenters. The number of methoxy groups -OCH3 is 1. The Kier molecular flexibility index (Phi) is 6.39. The summed E-state index contributed by atoms with van der Waals surface area (Å²) in [6.45, 7) is 0.464. The third kappa shape index (κ3) is 4.67. The molecule has 4 nitrogen and oxygen atoms in total. The molecular weight excluding hydrogens is 363 g/mol. The van der Waals surface area contributed by atoms with Crippen LogP contribution in [0.15, 0.2) is 30.3 Å². The van der Waals surface area contributed by atoms with Crippen LogP contribution in [0.25, 0.3) is 0 Å². The zero-order valence-electron chi connectivity index (χ0n) is 12.1. The van der Waals surface area contributed by atoms with Gasteiger partial charge >= 0.3 is 0 Å². The zero-order valence-corrected chi connectivity index (χ0v) is 14.4. The highest BCUT2D eigenvalue weighted by molar-refractivity contribution is 6.40. The molecule has 0 fully saturated rings. The fourth-order valence-corrected chi connectivity index (χ4v) is 2.77. The molecule has 2 rings (SSSR count). The van der Waals surface area contributed by atoms with Crippen molar-refractivity contribution in [3.63, 3.8) is 0 Å². The van der Waals surface area contributed by atoms with Gasteiger partial charge in [-0.3, -0.25) is 4.79 Å². The number of hydrogen-bond acceptors (Lipinski definition) is 4. The van der Waals surface area contributed by atoms with Crippen LogP contribution in [-0.4, -0.2) is 26.6 Å². The lowest BCUT2D eigenvalue weighted by Gasteiger charge is -2.13. The third-order valence-corrected chi connectivity index (χ3v) is 3.65. The first kappa shape index (κ1) is 17.7. The van der Waals surface area contributed by atoms with Crippen molar-refractivity contribution in [2.45, 2.75) is 0 Å². The van der Waals surface area contributed by atoms with E-state index in [0.29, 0.717) is 37.9 Å². The van der Waals surface area contributed by atoms with Crippen LogP contribution in [-0.2, 0) is 0 Å². The molecule has 0 aliphatic heterocycles. The minimum absolute atomic E-state index is 0.222. The second kappa shape index (κ2) is 8.29. The van der Waals surface area contributed by atoms with Gasteiger partial charge in [0.25, 0.3) is 0 Å². The van der Waals surface area contributed by atoms with Crippen LogP contribution in [0.5, 0.6) is 17.2 Å². The van der Waals surface area contributed by atoms with Gasteiger partial charge in [0.2, 0.25) is 0 Å². The fourth-order valence-electron chi connectivity index (χ4n) is 1.84. The number of ether oxygens (including phenoxy) is 3. The molecule has 0 unspecified atom stereocenters. The Hall–Kier alpha value is -1.62. The maximum Gasteiger partial charge on any atom is 0.161 e. The SMILES string of the molecule is COc1cc(C=O)ccc1OCCOc1c(Cl)cc(Cl)cc1Cl. The molecule has 0 saturated heterocycles. The van der Waals surface area contributed by atoms with Crippen LogP contribution in [0.4, 0.5) is 0 Å². The number of hydrogen-bond donors (Lipinski definition) is 0. The van der Waals surface area contributed by atoms with Crippen molar-refractivity contribution in [1.82, 2.24) is 0 Å². The van der Waals surface area contributed by atoms with Crippen LogP contribution in [0.3, 0.4) is 0 Å². The molecule has 0 aliphatic rings. The topological polar surface area (TPSA) is 44.8 Å². The molecule has 0 radical (unpaired) electrons. The van der Waals surface area contributed by atoms with Crippen LogP contribution in [0, 0.1) is 0 Å². The van der Waals surface area contributed by atoms with Gasteiger partial charge in [-0.1, -0.05) is 34.8 Å². The molecule has 0 aromatic heterocycles. The average molecular weight is 376 g/mol. The maximum absolute atomic E-state index is 10.7. The highest BCUT2D eigenvalue weighted by atomic mass is 35.5. The van der Waals surface area contributed by atoms with Crippen molar-refractivity contribution >= 4 is 41.1 Å². The predicted molar refractivity (Wildman–Crippen MR) is 90.8 cm³/mol. The van der Waals surface area contributed by atoms with E-state index in [0.717, 1.165) is 6.29 Å². The van der Waals surface area contributed by atoms with Gasteiger partial charge < -0.3 is 14.2 Å². The fraction of sp³-hybridized carbons (Fsp3) is 0.188. The lowest BCUT2D eigenvalue weighted by Crippen LogP contribution is -2.10. The van der Waals surface area contributed by atoms with Gasteiger partial charge in [-0.05, 0) is 30.3 Å². The van der Waals surface area contributed by atoms with Gasteiger partial charge in [0.15, 0.2) is 17.2 Å². The Morgan fingerprint density at radius 3 is 2.22 bits per heavy atom. The van der Waals surface area contributed by atoms with E-state index in [4.69, 9.17) is 49.0 Å². The molecule has 0 saturated carbocycles. The predicted octanol–water partition coefficient (Wildman–Crippen LogP) is 4.93. The standard InChI is InChI=1S/C16H13Cl3O4/c1-21-15-6-10(9-20)2-3-14(15)22-4-5-23-16-12(18)7-11(17)8-13(16)19/h2-3,6-9H,4-5H2,1H3. The molecule has 0 aliphatic carbocycles. The summed E-state index contributed by atoms with van der Waals surface area (Å²) >= 11 is 17.9. The van der Waals surface area contributed by atoms with E-state index in [1.807, 2.05) is 0 Å². The van der Waals surface area contributed by atoms with Gasteiger partial charge in [-0.2, -0.15) is 0 Å². The Balaban J connectivity index is 1.95. The molecule has 0 spiro atoms. The number of benzene rings is 2. The Morgan fingerprint density at radius 1 is 0.957 bits per heavy atom. The number of rotatable bonds is 7. The van der Waals surface area contributed by atoms with Crippen molar-refractivity contribution in [1.29, 1.82) is 0 Å². The number of halogens is 3. The van der Waals surface area contributed by atoms with Crippen molar-refractivity contribution in [3.05, 3.63) is 51.0 Å². The monoisotopic (exact) mass is 374 g/mol. The first-order chi connectivity index (χ1) is 11.0. The van der Waals surface area contributed by atoms with Crippen LogP contribution >= 0.6 is 34.8 Å². The summed E-state index contributed by atoms with van der Waals surface area (Å²) in [5.74, 6) is 1.33. The first-order valence-electron chi connectivity index (χ1n) is 6.58. The summed E-state index contributed by atoms with van der Waals surface area (Å²) in [5, 5.41) is 1.09. The normalized spacial score (nSPS) is 10.3. The summed E-state index contributed by atoms with van der Waals surface area (Å²) in [6, 6.07) is 7.98. The molecule has 0 heterocycles. The van der Waals surface area contributed by atoms with E-state index in [-0.39, 0.29) is 13.2 Å². The molecule has 0 amide bonds. The van der Waals surface area contributed by atoms with Gasteiger partial charge in [-0.15, -0.1) is 0 Å². The van der Waals surface area contributed by atoms with Gasteiger partial charge in [0.1, 0.15) is 19.5 Å². The summed E-state index contributed by atoms with van der Waals surface area (Å²) in [5.41, 5.74) is 0.505. The maximum atomic E-state index is 10.7. The minimum Gasteiger partial charge on any atom is -0.493 e. The van der Waals surface area contributed by atoms with E-state index in [1.54, 1.807) is 30.3 Å². The van der Waals surface area contributed by atoms with E-state index in [9.17, 15) is 4.79 Å². The average Bonchev–Trinajstić information content (AvgIpc) is 2.53. The van der Waals surface area contributed by atoms with Crippen LogP contribution in [0.1, 0.15) is 10.4 Å². The van der Waals surface area contributed by atoms with Crippen LogP contribution < -0.4 is 14.2 Å². The van der Waals surface area contributed by atoms with Crippen LogP contribution in [0.2, 0.25) is 15.1 Å².